The normalized spacial score (nSPS) is 11.7. The second-order valence-electron chi connectivity index (χ2n) is 6.96. The molecule has 0 aliphatic heterocycles. The van der Waals surface area contributed by atoms with E-state index < -0.39 is 8.07 Å². The number of hydrogen-bond acceptors (Lipinski definition) is 1. The number of benzene rings is 1. The number of carbonyl (C=O) groups excluding carboxylic acids is 1. The summed E-state index contributed by atoms with van der Waals surface area (Å²) < 4.78 is 12.8. The molecule has 0 heterocycles. The lowest BCUT2D eigenvalue weighted by atomic mass is 10.1. The first-order chi connectivity index (χ1) is 9.63. The Hall–Kier alpha value is -1.40. The van der Waals surface area contributed by atoms with Crippen LogP contribution in [0.25, 0.3) is 0 Å². The van der Waals surface area contributed by atoms with E-state index in [1.807, 2.05) is 0 Å². The second-order valence-corrected chi connectivity index (χ2v) is 12.0. The Balaban J connectivity index is 2.45. The molecular formula is C18H25FOSi. The molecule has 114 valence electrons. The van der Waals surface area contributed by atoms with E-state index in [1.54, 1.807) is 12.1 Å². The molecule has 0 aliphatic rings. The Bertz CT molecular complexity index is 541. The Kier molecular flexibility index (Phi) is 5.92. The summed E-state index contributed by atoms with van der Waals surface area (Å²) in [6, 6.07) is 5.73. The Morgan fingerprint density at radius 1 is 1.19 bits per heavy atom. The highest BCUT2D eigenvalue weighted by Crippen LogP contribution is 2.35. The highest BCUT2D eigenvalue weighted by molar-refractivity contribution is 6.87. The van der Waals surface area contributed by atoms with Crippen molar-refractivity contribution in [3.63, 3.8) is 0 Å². The van der Waals surface area contributed by atoms with Crippen LogP contribution in [0.3, 0.4) is 0 Å². The molecule has 0 radical (unpaired) electrons. The van der Waals surface area contributed by atoms with Gasteiger partial charge in [0.1, 0.15) is 13.9 Å². The van der Waals surface area contributed by atoms with Crippen LogP contribution in [0, 0.1) is 17.3 Å². The molecule has 0 atom stereocenters. The number of carbonyl (C=O) groups is 1. The molecule has 0 N–H and O–H groups in total. The van der Waals surface area contributed by atoms with Crippen LogP contribution in [0.1, 0.15) is 50.4 Å². The zero-order chi connectivity index (χ0) is 16.1. The molecule has 0 fully saturated rings. The minimum Gasteiger partial charge on any atom is -0.294 e. The maximum atomic E-state index is 12.8. The average molecular weight is 304 g/mol. The van der Waals surface area contributed by atoms with E-state index in [2.05, 4.69) is 45.3 Å². The fraction of sp³-hybridized carbons (Fsp3) is 0.500. The third kappa shape index (κ3) is 5.47. The molecule has 0 saturated heterocycles. The predicted octanol–water partition coefficient (Wildman–Crippen LogP) is 5.23. The van der Waals surface area contributed by atoms with Gasteiger partial charge in [-0.1, -0.05) is 33.9 Å². The number of hydrogen-bond donors (Lipinski definition) is 0. The van der Waals surface area contributed by atoms with Crippen molar-refractivity contribution >= 4 is 13.9 Å². The molecule has 1 rings (SSSR count). The van der Waals surface area contributed by atoms with Crippen LogP contribution >= 0.6 is 0 Å². The van der Waals surface area contributed by atoms with Gasteiger partial charge in [-0.3, -0.25) is 4.79 Å². The molecule has 3 heteroatoms. The molecule has 0 aromatic heterocycles. The summed E-state index contributed by atoms with van der Waals surface area (Å²) in [6.07, 6.45) is 1.98. The number of ketones is 1. The summed E-state index contributed by atoms with van der Waals surface area (Å²) in [5.74, 6) is 2.99. The highest BCUT2D eigenvalue weighted by Gasteiger charge is 2.33. The predicted molar refractivity (Wildman–Crippen MR) is 89.6 cm³/mol. The van der Waals surface area contributed by atoms with Crippen molar-refractivity contribution in [1.29, 1.82) is 0 Å². The van der Waals surface area contributed by atoms with Gasteiger partial charge < -0.3 is 0 Å². The quantitative estimate of drug-likeness (QED) is 0.322. The van der Waals surface area contributed by atoms with E-state index in [9.17, 15) is 9.18 Å². The summed E-state index contributed by atoms with van der Waals surface area (Å²) in [6.45, 7) is 11.3. The summed E-state index contributed by atoms with van der Waals surface area (Å²) in [4.78, 5) is 11.9. The highest BCUT2D eigenvalue weighted by atomic mass is 28.3. The van der Waals surface area contributed by atoms with E-state index in [-0.39, 0.29) is 16.6 Å². The van der Waals surface area contributed by atoms with Crippen LogP contribution in [-0.2, 0) is 0 Å². The zero-order valence-corrected chi connectivity index (χ0v) is 14.7. The van der Waals surface area contributed by atoms with Crippen LogP contribution in [0.2, 0.25) is 18.1 Å². The first kappa shape index (κ1) is 17.6. The van der Waals surface area contributed by atoms with Gasteiger partial charge in [0.15, 0.2) is 5.78 Å². The molecule has 0 unspecified atom stereocenters. The Morgan fingerprint density at radius 2 is 1.76 bits per heavy atom. The summed E-state index contributed by atoms with van der Waals surface area (Å²) in [5.41, 5.74) is 4.03. The van der Waals surface area contributed by atoms with Gasteiger partial charge in [-0.15, -0.1) is 11.5 Å². The van der Waals surface area contributed by atoms with Crippen LogP contribution < -0.4 is 0 Å². The average Bonchev–Trinajstić information content (AvgIpc) is 2.37. The molecule has 0 saturated carbocycles. The van der Waals surface area contributed by atoms with Gasteiger partial charge in [0.05, 0.1) is 0 Å². The third-order valence-electron chi connectivity index (χ3n) is 4.15. The number of halogens is 1. The van der Waals surface area contributed by atoms with Crippen molar-refractivity contribution in [2.24, 2.45) is 0 Å². The molecule has 1 nitrogen and oxygen atoms in total. The van der Waals surface area contributed by atoms with Gasteiger partial charge in [-0.2, -0.15) is 0 Å². The van der Waals surface area contributed by atoms with Crippen LogP contribution in [0.15, 0.2) is 24.3 Å². The topological polar surface area (TPSA) is 17.1 Å². The molecule has 0 aliphatic carbocycles. The first-order valence-electron chi connectivity index (χ1n) is 7.42. The lowest BCUT2D eigenvalue weighted by Crippen LogP contribution is -2.35. The van der Waals surface area contributed by atoms with E-state index in [0.717, 1.165) is 12.8 Å². The SMILES string of the molecule is CC(C)(C)[Si](C)(C)C#CCCCC(=O)c1ccc(F)cc1. The molecule has 0 spiro atoms. The van der Waals surface area contributed by atoms with E-state index in [4.69, 9.17) is 0 Å². The molecular weight excluding hydrogens is 279 g/mol. The summed E-state index contributed by atoms with van der Waals surface area (Å²) >= 11 is 0. The van der Waals surface area contributed by atoms with Gasteiger partial charge in [0.2, 0.25) is 0 Å². The fourth-order valence-electron chi connectivity index (χ4n) is 1.59. The van der Waals surface area contributed by atoms with Crippen molar-refractivity contribution in [2.45, 2.75) is 58.2 Å². The number of unbranched alkanes of at least 4 members (excludes halogenated alkanes) is 1. The van der Waals surface area contributed by atoms with Crippen molar-refractivity contribution in [2.75, 3.05) is 0 Å². The van der Waals surface area contributed by atoms with Gasteiger partial charge in [-0.25, -0.2) is 4.39 Å². The smallest absolute Gasteiger partial charge is 0.162 e. The number of rotatable bonds is 4. The maximum Gasteiger partial charge on any atom is 0.162 e. The van der Waals surface area contributed by atoms with E-state index >= 15 is 0 Å². The lowest BCUT2D eigenvalue weighted by molar-refractivity contribution is 0.0980. The van der Waals surface area contributed by atoms with E-state index in [1.165, 1.54) is 12.1 Å². The van der Waals surface area contributed by atoms with E-state index in [0.29, 0.717) is 12.0 Å². The lowest BCUT2D eigenvalue weighted by Gasteiger charge is -2.31. The van der Waals surface area contributed by atoms with Crippen molar-refractivity contribution in [3.8, 4) is 11.5 Å². The van der Waals surface area contributed by atoms with Gasteiger partial charge >= 0.3 is 0 Å². The Labute approximate surface area is 129 Å². The summed E-state index contributed by atoms with van der Waals surface area (Å²) in [5, 5.41) is 0.268. The van der Waals surface area contributed by atoms with Crippen LogP contribution in [0.5, 0.6) is 0 Å². The molecule has 1 aromatic rings. The third-order valence-corrected chi connectivity index (χ3v) is 8.70. The van der Waals surface area contributed by atoms with Gasteiger partial charge in [-0.05, 0) is 35.7 Å². The summed E-state index contributed by atoms with van der Waals surface area (Å²) in [7, 11) is -1.54. The molecule has 1 aromatic carbocycles. The number of Topliss-reactive ketones (excluding diaryl/α,β-unsaturated/α-hetero) is 1. The molecule has 0 bridgehead atoms. The zero-order valence-electron chi connectivity index (χ0n) is 13.7. The minimum absolute atomic E-state index is 0.0594. The van der Waals surface area contributed by atoms with Gasteiger partial charge in [0.25, 0.3) is 0 Å². The van der Waals surface area contributed by atoms with Crippen molar-refractivity contribution in [3.05, 3.63) is 35.6 Å². The fourth-order valence-corrected chi connectivity index (χ4v) is 2.53. The second kappa shape index (κ2) is 7.04. The van der Waals surface area contributed by atoms with Crippen LogP contribution in [-0.4, -0.2) is 13.9 Å². The van der Waals surface area contributed by atoms with Crippen LogP contribution in [0.4, 0.5) is 4.39 Å². The molecule has 0 amide bonds. The van der Waals surface area contributed by atoms with Crippen molar-refractivity contribution in [1.82, 2.24) is 0 Å². The minimum atomic E-state index is -1.54. The largest absolute Gasteiger partial charge is 0.294 e. The van der Waals surface area contributed by atoms with Gasteiger partial charge in [0, 0.05) is 18.4 Å². The standard InChI is InChI=1S/C18H25FOSi/c1-18(2,3)21(4,5)14-8-6-7-9-17(20)15-10-12-16(19)13-11-15/h10-13H,6-7,9H2,1-5H3. The molecule has 21 heavy (non-hydrogen) atoms. The van der Waals surface area contributed by atoms with Crippen molar-refractivity contribution < 1.29 is 9.18 Å². The first-order valence-corrected chi connectivity index (χ1v) is 10.4. The maximum absolute atomic E-state index is 12.8. The Morgan fingerprint density at radius 3 is 2.29 bits per heavy atom. The monoisotopic (exact) mass is 304 g/mol.